The molecule has 0 saturated heterocycles. The fourth-order valence-electron chi connectivity index (χ4n) is 1.95. The van der Waals surface area contributed by atoms with Gasteiger partial charge >= 0.3 is 0 Å². The highest BCUT2D eigenvalue weighted by Gasteiger charge is 2.11. The first-order valence-electron chi connectivity index (χ1n) is 7.12. The lowest BCUT2D eigenvalue weighted by Crippen LogP contribution is -2.20. The minimum atomic E-state index is -0.231. The molecule has 0 aliphatic heterocycles. The van der Waals surface area contributed by atoms with E-state index in [1.54, 1.807) is 43.7 Å². The van der Waals surface area contributed by atoms with Crippen LogP contribution in [-0.2, 0) is 11.3 Å². The van der Waals surface area contributed by atoms with E-state index in [1.807, 2.05) is 6.92 Å². The van der Waals surface area contributed by atoms with Crippen LogP contribution < -0.4 is 14.8 Å². The van der Waals surface area contributed by atoms with Crippen molar-refractivity contribution in [1.29, 1.82) is 0 Å². The normalized spacial score (nSPS) is 10.7. The van der Waals surface area contributed by atoms with E-state index in [-0.39, 0.29) is 5.91 Å². The van der Waals surface area contributed by atoms with E-state index >= 15 is 0 Å². The Bertz CT molecular complexity index is 680. The Morgan fingerprint density at radius 3 is 2.91 bits per heavy atom. The summed E-state index contributed by atoms with van der Waals surface area (Å²) in [5.41, 5.74) is 0.815. The Morgan fingerprint density at radius 1 is 1.43 bits per heavy atom. The summed E-state index contributed by atoms with van der Waals surface area (Å²) < 4.78 is 15.8. The first-order chi connectivity index (χ1) is 11.1. The second kappa shape index (κ2) is 8.29. The smallest absolute Gasteiger partial charge is 0.244 e. The van der Waals surface area contributed by atoms with Crippen LogP contribution in [0.2, 0.25) is 5.02 Å². The van der Waals surface area contributed by atoms with Gasteiger partial charge in [0.1, 0.15) is 5.76 Å². The van der Waals surface area contributed by atoms with Crippen LogP contribution in [0.4, 0.5) is 0 Å². The number of hydrogen-bond donors (Lipinski definition) is 1. The molecule has 1 aromatic carbocycles. The van der Waals surface area contributed by atoms with Crippen molar-refractivity contribution >= 4 is 23.6 Å². The van der Waals surface area contributed by atoms with E-state index in [0.717, 1.165) is 5.56 Å². The Morgan fingerprint density at radius 2 is 2.26 bits per heavy atom. The van der Waals surface area contributed by atoms with Gasteiger partial charge in [-0.2, -0.15) is 0 Å². The monoisotopic (exact) mass is 335 g/mol. The van der Waals surface area contributed by atoms with Gasteiger partial charge in [0.25, 0.3) is 0 Å². The maximum atomic E-state index is 11.8. The molecule has 0 saturated carbocycles. The third-order valence-electron chi connectivity index (χ3n) is 2.99. The van der Waals surface area contributed by atoms with E-state index in [1.165, 1.54) is 6.08 Å². The van der Waals surface area contributed by atoms with E-state index in [0.29, 0.717) is 35.4 Å². The molecule has 122 valence electrons. The minimum Gasteiger partial charge on any atom is -0.493 e. The standard InChI is InChI=1S/C17H18ClNO4/c1-3-22-17-14(18)9-12(10-15(17)21-2)11-19-16(20)7-6-13-5-4-8-23-13/h4-10H,3,11H2,1-2H3,(H,19,20)/b7-6+. The molecule has 0 atom stereocenters. The third-order valence-corrected chi connectivity index (χ3v) is 3.27. The minimum absolute atomic E-state index is 0.231. The molecule has 0 bridgehead atoms. The fraction of sp³-hybridized carbons (Fsp3) is 0.235. The molecule has 5 nitrogen and oxygen atoms in total. The van der Waals surface area contributed by atoms with Crippen molar-refractivity contribution in [3.05, 3.63) is 53.0 Å². The number of nitrogens with one attached hydrogen (secondary N) is 1. The Labute approximate surface area is 139 Å². The number of methoxy groups -OCH3 is 1. The van der Waals surface area contributed by atoms with E-state index in [4.69, 9.17) is 25.5 Å². The van der Waals surface area contributed by atoms with Crippen molar-refractivity contribution in [3.8, 4) is 11.5 Å². The van der Waals surface area contributed by atoms with Crippen LogP contribution in [0.3, 0.4) is 0 Å². The molecule has 0 fully saturated rings. The molecule has 0 aliphatic rings. The summed E-state index contributed by atoms with van der Waals surface area (Å²) in [5.74, 6) is 1.43. The molecule has 1 heterocycles. The predicted octanol–water partition coefficient (Wildman–Crippen LogP) is 3.67. The molecule has 1 N–H and O–H groups in total. The van der Waals surface area contributed by atoms with Gasteiger partial charge < -0.3 is 19.2 Å². The van der Waals surface area contributed by atoms with Crippen LogP contribution >= 0.6 is 11.6 Å². The molecule has 1 aromatic heterocycles. The number of furan rings is 1. The molecule has 0 radical (unpaired) electrons. The lowest BCUT2D eigenvalue weighted by atomic mass is 10.2. The van der Waals surface area contributed by atoms with Crippen molar-refractivity contribution < 1.29 is 18.7 Å². The number of amides is 1. The van der Waals surface area contributed by atoms with Crippen LogP contribution in [0.25, 0.3) is 6.08 Å². The summed E-state index contributed by atoms with van der Waals surface area (Å²) in [6.07, 6.45) is 4.55. The maximum absolute atomic E-state index is 11.8. The quantitative estimate of drug-likeness (QED) is 0.784. The summed E-state index contributed by atoms with van der Waals surface area (Å²) in [5, 5.41) is 3.21. The van der Waals surface area contributed by atoms with Gasteiger partial charge in [-0.05, 0) is 42.8 Å². The lowest BCUT2D eigenvalue weighted by Gasteiger charge is -2.13. The Kier molecular flexibility index (Phi) is 6.11. The Hall–Kier alpha value is -2.40. The second-order valence-electron chi connectivity index (χ2n) is 4.61. The molecule has 0 unspecified atom stereocenters. The summed E-state index contributed by atoms with van der Waals surface area (Å²) in [4.78, 5) is 11.8. The zero-order valence-corrected chi connectivity index (χ0v) is 13.7. The molecule has 0 spiro atoms. The van der Waals surface area contributed by atoms with Crippen LogP contribution in [0.1, 0.15) is 18.2 Å². The van der Waals surface area contributed by atoms with E-state index < -0.39 is 0 Å². The summed E-state index contributed by atoms with van der Waals surface area (Å²) in [6.45, 7) is 2.68. The highest BCUT2D eigenvalue weighted by atomic mass is 35.5. The van der Waals surface area contributed by atoms with Crippen molar-refractivity contribution in [2.24, 2.45) is 0 Å². The lowest BCUT2D eigenvalue weighted by molar-refractivity contribution is -0.116. The number of carbonyl (C=O) groups is 1. The first kappa shape index (κ1) is 17.0. The molecule has 1 amide bonds. The summed E-state index contributed by atoms with van der Waals surface area (Å²) in [6, 6.07) is 7.05. The summed E-state index contributed by atoms with van der Waals surface area (Å²) in [7, 11) is 1.54. The van der Waals surface area contributed by atoms with Crippen LogP contribution in [0, 0.1) is 0 Å². The third kappa shape index (κ3) is 4.79. The zero-order chi connectivity index (χ0) is 16.7. The number of hydrogen-bond acceptors (Lipinski definition) is 4. The fourth-order valence-corrected chi connectivity index (χ4v) is 2.24. The average Bonchev–Trinajstić information content (AvgIpc) is 3.06. The number of benzene rings is 1. The molecular weight excluding hydrogens is 318 g/mol. The predicted molar refractivity (Wildman–Crippen MR) is 88.8 cm³/mol. The van der Waals surface area contributed by atoms with E-state index in [2.05, 4.69) is 5.32 Å². The van der Waals surface area contributed by atoms with E-state index in [9.17, 15) is 4.79 Å². The zero-order valence-electron chi connectivity index (χ0n) is 13.0. The van der Waals surface area contributed by atoms with Gasteiger partial charge in [0.2, 0.25) is 5.91 Å². The average molecular weight is 336 g/mol. The molecule has 23 heavy (non-hydrogen) atoms. The maximum Gasteiger partial charge on any atom is 0.244 e. The molecule has 2 aromatic rings. The number of ether oxygens (including phenoxy) is 2. The second-order valence-corrected chi connectivity index (χ2v) is 5.02. The largest absolute Gasteiger partial charge is 0.493 e. The topological polar surface area (TPSA) is 60.7 Å². The highest BCUT2D eigenvalue weighted by molar-refractivity contribution is 6.32. The molecule has 0 aliphatic carbocycles. The van der Waals surface area contributed by atoms with Gasteiger partial charge in [-0.1, -0.05) is 11.6 Å². The number of rotatable bonds is 7. The number of halogens is 1. The molecular formula is C17H18ClNO4. The van der Waals surface area contributed by atoms with Gasteiger partial charge in [0.05, 0.1) is 25.0 Å². The SMILES string of the molecule is CCOc1c(Cl)cc(CNC(=O)/C=C/c2ccco2)cc1OC. The van der Waals surface area contributed by atoms with Gasteiger partial charge in [-0.25, -0.2) is 0 Å². The summed E-state index contributed by atoms with van der Waals surface area (Å²) >= 11 is 6.19. The van der Waals surface area contributed by atoms with Gasteiger partial charge in [-0.3, -0.25) is 4.79 Å². The molecule has 6 heteroatoms. The van der Waals surface area contributed by atoms with Crippen LogP contribution in [0.5, 0.6) is 11.5 Å². The first-order valence-corrected chi connectivity index (χ1v) is 7.50. The van der Waals surface area contributed by atoms with Crippen molar-refractivity contribution in [2.75, 3.05) is 13.7 Å². The van der Waals surface area contributed by atoms with Crippen molar-refractivity contribution in [2.45, 2.75) is 13.5 Å². The van der Waals surface area contributed by atoms with Crippen LogP contribution in [-0.4, -0.2) is 19.6 Å². The van der Waals surface area contributed by atoms with Crippen molar-refractivity contribution in [1.82, 2.24) is 5.32 Å². The highest BCUT2D eigenvalue weighted by Crippen LogP contribution is 2.36. The van der Waals surface area contributed by atoms with Crippen LogP contribution in [0.15, 0.2) is 41.0 Å². The molecule has 2 rings (SSSR count). The Balaban J connectivity index is 2.00. The van der Waals surface area contributed by atoms with Gasteiger partial charge in [-0.15, -0.1) is 0 Å². The number of carbonyl (C=O) groups excluding carboxylic acids is 1. The van der Waals surface area contributed by atoms with Gasteiger partial charge in [0.15, 0.2) is 11.5 Å². The van der Waals surface area contributed by atoms with Gasteiger partial charge in [0, 0.05) is 12.6 Å². The van der Waals surface area contributed by atoms with Crippen molar-refractivity contribution in [3.63, 3.8) is 0 Å².